The summed E-state index contributed by atoms with van der Waals surface area (Å²) in [5, 5.41) is 19.9. The Balaban J connectivity index is 1.46. The summed E-state index contributed by atoms with van der Waals surface area (Å²) < 4.78 is 20.6. The molecule has 1 N–H and O–H groups in total. The molecule has 0 radical (unpaired) electrons. The standard InChI is InChI=1S/C18H20FN7O/c1-13-16(26(24-21-13)15-4-2-14(19)3-5-15)12-27-18-7-6-17(22-23-18)25-10-8-20-9-11-25/h2-7,20H,8-12H2,1H3. The summed E-state index contributed by atoms with van der Waals surface area (Å²) in [6.07, 6.45) is 0. The van der Waals surface area contributed by atoms with Crippen LogP contribution in [0.15, 0.2) is 36.4 Å². The first kappa shape index (κ1) is 17.3. The normalized spacial score (nSPS) is 14.4. The summed E-state index contributed by atoms with van der Waals surface area (Å²) in [6, 6.07) is 9.79. The van der Waals surface area contributed by atoms with Crippen molar-refractivity contribution in [3.05, 3.63) is 53.6 Å². The van der Waals surface area contributed by atoms with Gasteiger partial charge in [0, 0.05) is 32.2 Å². The zero-order valence-electron chi connectivity index (χ0n) is 15.0. The van der Waals surface area contributed by atoms with Crippen molar-refractivity contribution in [1.82, 2.24) is 30.5 Å². The van der Waals surface area contributed by atoms with E-state index in [1.54, 1.807) is 16.8 Å². The number of hydrogen-bond acceptors (Lipinski definition) is 7. The molecule has 4 rings (SSSR count). The predicted molar refractivity (Wildman–Crippen MR) is 97.5 cm³/mol. The Morgan fingerprint density at radius 2 is 1.81 bits per heavy atom. The second-order valence-corrected chi connectivity index (χ2v) is 6.27. The lowest BCUT2D eigenvalue weighted by molar-refractivity contribution is 0.281. The first-order chi connectivity index (χ1) is 13.2. The molecule has 0 aliphatic carbocycles. The molecule has 0 bridgehead atoms. The Labute approximate surface area is 156 Å². The molecule has 1 aromatic carbocycles. The van der Waals surface area contributed by atoms with Crippen LogP contribution in [-0.2, 0) is 6.61 Å². The highest BCUT2D eigenvalue weighted by Crippen LogP contribution is 2.17. The van der Waals surface area contributed by atoms with Gasteiger partial charge in [0.1, 0.15) is 18.1 Å². The van der Waals surface area contributed by atoms with Crippen molar-refractivity contribution >= 4 is 5.82 Å². The second-order valence-electron chi connectivity index (χ2n) is 6.27. The largest absolute Gasteiger partial charge is 0.470 e. The number of aromatic nitrogens is 5. The van der Waals surface area contributed by atoms with Crippen LogP contribution in [0.4, 0.5) is 10.2 Å². The van der Waals surface area contributed by atoms with E-state index in [4.69, 9.17) is 4.74 Å². The molecule has 0 saturated carbocycles. The topological polar surface area (TPSA) is 81.0 Å². The predicted octanol–water partition coefficient (Wildman–Crippen LogP) is 1.49. The number of nitrogens with zero attached hydrogens (tertiary/aromatic N) is 6. The Morgan fingerprint density at radius 3 is 2.52 bits per heavy atom. The Hall–Kier alpha value is -3.07. The number of anilines is 1. The maximum atomic E-state index is 13.2. The van der Waals surface area contributed by atoms with Gasteiger partial charge in [0.05, 0.1) is 11.4 Å². The highest BCUT2D eigenvalue weighted by Gasteiger charge is 2.14. The molecule has 27 heavy (non-hydrogen) atoms. The Bertz CT molecular complexity index is 889. The summed E-state index contributed by atoms with van der Waals surface area (Å²) in [7, 11) is 0. The molecule has 3 aromatic rings. The molecule has 140 valence electrons. The van der Waals surface area contributed by atoms with Gasteiger partial charge in [-0.1, -0.05) is 5.21 Å². The maximum Gasteiger partial charge on any atom is 0.233 e. The van der Waals surface area contributed by atoms with Crippen LogP contribution in [0.2, 0.25) is 0 Å². The molecule has 0 atom stereocenters. The van der Waals surface area contributed by atoms with Crippen LogP contribution in [0.1, 0.15) is 11.4 Å². The van der Waals surface area contributed by atoms with E-state index >= 15 is 0 Å². The minimum absolute atomic E-state index is 0.234. The van der Waals surface area contributed by atoms with Gasteiger partial charge in [-0.15, -0.1) is 15.3 Å². The third-order valence-electron chi connectivity index (χ3n) is 4.45. The molecule has 0 amide bonds. The second kappa shape index (κ2) is 7.67. The third kappa shape index (κ3) is 3.87. The van der Waals surface area contributed by atoms with Crippen molar-refractivity contribution in [2.75, 3.05) is 31.1 Å². The fraction of sp³-hybridized carbons (Fsp3) is 0.333. The van der Waals surface area contributed by atoms with Crippen molar-refractivity contribution < 1.29 is 9.13 Å². The number of aryl methyl sites for hydroxylation is 1. The molecule has 1 saturated heterocycles. The SMILES string of the molecule is Cc1nnn(-c2ccc(F)cc2)c1COc1ccc(N2CCNCC2)nn1. The van der Waals surface area contributed by atoms with E-state index < -0.39 is 0 Å². The molecule has 1 aliphatic heterocycles. The zero-order valence-corrected chi connectivity index (χ0v) is 15.0. The van der Waals surface area contributed by atoms with Crippen molar-refractivity contribution in [2.24, 2.45) is 0 Å². The third-order valence-corrected chi connectivity index (χ3v) is 4.45. The fourth-order valence-corrected chi connectivity index (χ4v) is 2.93. The van der Waals surface area contributed by atoms with E-state index in [1.807, 2.05) is 19.1 Å². The average molecular weight is 369 g/mol. The van der Waals surface area contributed by atoms with Crippen LogP contribution in [0.5, 0.6) is 5.88 Å². The van der Waals surface area contributed by atoms with Crippen molar-refractivity contribution in [2.45, 2.75) is 13.5 Å². The van der Waals surface area contributed by atoms with Crippen molar-refractivity contribution in [3.8, 4) is 11.6 Å². The van der Waals surface area contributed by atoms with Gasteiger partial charge in [0.2, 0.25) is 5.88 Å². The summed E-state index contributed by atoms with van der Waals surface area (Å²) in [4.78, 5) is 2.19. The lowest BCUT2D eigenvalue weighted by Crippen LogP contribution is -2.43. The summed E-state index contributed by atoms with van der Waals surface area (Å²) in [5.74, 6) is 0.978. The molecular weight excluding hydrogens is 349 g/mol. The molecule has 2 aromatic heterocycles. The van der Waals surface area contributed by atoms with Crippen LogP contribution in [0, 0.1) is 12.7 Å². The van der Waals surface area contributed by atoms with E-state index in [0.29, 0.717) is 5.88 Å². The number of nitrogens with one attached hydrogen (secondary N) is 1. The van der Waals surface area contributed by atoms with Gasteiger partial charge >= 0.3 is 0 Å². The first-order valence-electron chi connectivity index (χ1n) is 8.80. The number of piperazine rings is 1. The van der Waals surface area contributed by atoms with Crippen LogP contribution < -0.4 is 15.0 Å². The van der Waals surface area contributed by atoms with E-state index in [0.717, 1.165) is 49.1 Å². The molecule has 0 spiro atoms. The van der Waals surface area contributed by atoms with Gasteiger partial charge in [-0.05, 0) is 37.3 Å². The number of hydrogen-bond donors (Lipinski definition) is 1. The summed E-state index contributed by atoms with van der Waals surface area (Å²) >= 11 is 0. The first-order valence-corrected chi connectivity index (χ1v) is 8.80. The highest BCUT2D eigenvalue weighted by atomic mass is 19.1. The van der Waals surface area contributed by atoms with Gasteiger partial charge in [-0.25, -0.2) is 9.07 Å². The minimum atomic E-state index is -0.298. The van der Waals surface area contributed by atoms with Crippen LogP contribution >= 0.6 is 0 Å². The van der Waals surface area contributed by atoms with E-state index in [2.05, 4.69) is 30.7 Å². The average Bonchev–Trinajstić information content (AvgIpc) is 3.08. The molecule has 0 unspecified atom stereocenters. The summed E-state index contributed by atoms with van der Waals surface area (Å²) in [5.41, 5.74) is 2.23. The van der Waals surface area contributed by atoms with Crippen LogP contribution in [0.3, 0.4) is 0 Å². The van der Waals surface area contributed by atoms with Crippen LogP contribution in [0.25, 0.3) is 5.69 Å². The molecule has 3 heterocycles. The maximum absolute atomic E-state index is 13.2. The van der Waals surface area contributed by atoms with Crippen molar-refractivity contribution in [3.63, 3.8) is 0 Å². The minimum Gasteiger partial charge on any atom is -0.470 e. The molecule has 9 heteroatoms. The Kier molecular flexibility index (Phi) is 4.93. The molecule has 1 fully saturated rings. The number of ether oxygens (including phenoxy) is 1. The van der Waals surface area contributed by atoms with Gasteiger partial charge in [-0.2, -0.15) is 0 Å². The monoisotopic (exact) mass is 369 g/mol. The Morgan fingerprint density at radius 1 is 1.04 bits per heavy atom. The lowest BCUT2D eigenvalue weighted by Gasteiger charge is -2.27. The number of rotatable bonds is 5. The highest BCUT2D eigenvalue weighted by molar-refractivity contribution is 5.39. The zero-order chi connectivity index (χ0) is 18.6. The van der Waals surface area contributed by atoms with E-state index in [-0.39, 0.29) is 12.4 Å². The fourth-order valence-electron chi connectivity index (χ4n) is 2.93. The molecule has 8 nitrogen and oxygen atoms in total. The van der Waals surface area contributed by atoms with Crippen molar-refractivity contribution in [1.29, 1.82) is 0 Å². The van der Waals surface area contributed by atoms with Gasteiger partial charge in [-0.3, -0.25) is 0 Å². The quantitative estimate of drug-likeness (QED) is 0.730. The molecular formula is C18H20FN7O. The molecule has 1 aliphatic rings. The van der Waals surface area contributed by atoms with Gasteiger partial charge in [0.25, 0.3) is 0 Å². The van der Waals surface area contributed by atoms with Gasteiger partial charge < -0.3 is 15.0 Å². The number of halogens is 1. The summed E-state index contributed by atoms with van der Waals surface area (Å²) in [6.45, 7) is 5.80. The lowest BCUT2D eigenvalue weighted by atomic mass is 10.3. The van der Waals surface area contributed by atoms with E-state index in [9.17, 15) is 4.39 Å². The smallest absolute Gasteiger partial charge is 0.233 e. The van der Waals surface area contributed by atoms with Crippen LogP contribution in [-0.4, -0.2) is 51.4 Å². The van der Waals surface area contributed by atoms with E-state index in [1.165, 1.54) is 12.1 Å². The van der Waals surface area contributed by atoms with Gasteiger partial charge in [0.15, 0.2) is 5.82 Å². The number of benzene rings is 1.